The van der Waals surface area contributed by atoms with Crippen molar-refractivity contribution >= 4 is 5.91 Å². The Morgan fingerprint density at radius 2 is 2.23 bits per heavy atom. The number of H-pyrrole nitrogens is 1. The number of carbonyl (C=O) groups is 1. The summed E-state index contributed by atoms with van der Waals surface area (Å²) in [5.41, 5.74) is 1.59. The molecule has 1 aromatic heterocycles. The van der Waals surface area contributed by atoms with Gasteiger partial charge in [-0.3, -0.25) is 4.79 Å². The Morgan fingerprint density at radius 1 is 1.41 bits per heavy atom. The fraction of sp³-hybridized carbons (Fsp3) is 0.412. The molecule has 0 aliphatic carbocycles. The molecule has 0 atom stereocenters. The van der Waals surface area contributed by atoms with Gasteiger partial charge in [-0.2, -0.15) is 0 Å². The van der Waals surface area contributed by atoms with Gasteiger partial charge in [-0.05, 0) is 31.0 Å². The molecule has 118 valence electrons. The molecule has 0 aliphatic rings. The summed E-state index contributed by atoms with van der Waals surface area (Å²) in [6.07, 6.45) is 3.62. The average molecular weight is 301 g/mol. The van der Waals surface area contributed by atoms with Crippen LogP contribution in [0.4, 0.5) is 0 Å². The SMILES string of the molecule is CCCCN(Cc1cccc(OC)c1)C(=O)c1cnc(C)[nH]1. The van der Waals surface area contributed by atoms with Crippen molar-refractivity contribution in [2.75, 3.05) is 13.7 Å². The number of aryl methyl sites for hydroxylation is 1. The van der Waals surface area contributed by atoms with Gasteiger partial charge in [-0.1, -0.05) is 25.5 Å². The van der Waals surface area contributed by atoms with E-state index < -0.39 is 0 Å². The molecule has 0 saturated heterocycles. The molecule has 2 rings (SSSR count). The minimum absolute atomic E-state index is 0.0168. The second-order valence-corrected chi connectivity index (χ2v) is 5.31. The van der Waals surface area contributed by atoms with E-state index in [4.69, 9.17) is 4.74 Å². The number of ether oxygens (including phenoxy) is 1. The van der Waals surface area contributed by atoms with Crippen LogP contribution in [0, 0.1) is 6.92 Å². The molecule has 1 aromatic carbocycles. The Balaban J connectivity index is 2.16. The third-order valence-electron chi connectivity index (χ3n) is 3.51. The molecular weight excluding hydrogens is 278 g/mol. The summed E-state index contributed by atoms with van der Waals surface area (Å²) in [5, 5.41) is 0. The number of unbranched alkanes of at least 4 members (excludes halogenated alkanes) is 1. The van der Waals surface area contributed by atoms with E-state index in [0.29, 0.717) is 12.2 Å². The van der Waals surface area contributed by atoms with Crippen LogP contribution in [0.25, 0.3) is 0 Å². The Morgan fingerprint density at radius 3 is 2.86 bits per heavy atom. The smallest absolute Gasteiger partial charge is 0.272 e. The van der Waals surface area contributed by atoms with Crippen LogP contribution < -0.4 is 4.74 Å². The minimum Gasteiger partial charge on any atom is -0.497 e. The lowest BCUT2D eigenvalue weighted by atomic mass is 10.2. The van der Waals surface area contributed by atoms with Gasteiger partial charge in [-0.15, -0.1) is 0 Å². The van der Waals surface area contributed by atoms with Crippen molar-refractivity contribution in [2.24, 2.45) is 0 Å². The van der Waals surface area contributed by atoms with E-state index in [1.54, 1.807) is 13.3 Å². The fourth-order valence-electron chi connectivity index (χ4n) is 2.29. The Kier molecular flexibility index (Phi) is 5.58. The topological polar surface area (TPSA) is 58.2 Å². The molecule has 0 radical (unpaired) electrons. The standard InChI is InChI=1S/C17H23N3O2/c1-4-5-9-20(17(21)16-11-18-13(2)19-16)12-14-7-6-8-15(10-14)22-3/h6-8,10-11H,4-5,9,12H2,1-3H3,(H,18,19). The lowest BCUT2D eigenvalue weighted by molar-refractivity contribution is 0.0735. The number of imidazole rings is 1. The molecule has 0 bridgehead atoms. The minimum atomic E-state index is -0.0168. The van der Waals surface area contributed by atoms with Gasteiger partial charge in [0.1, 0.15) is 17.3 Å². The molecule has 22 heavy (non-hydrogen) atoms. The first-order chi connectivity index (χ1) is 10.6. The number of hydrogen-bond donors (Lipinski definition) is 1. The summed E-state index contributed by atoms with van der Waals surface area (Å²) >= 11 is 0. The maximum atomic E-state index is 12.6. The molecular formula is C17H23N3O2. The van der Waals surface area contributed by atoms with Crippen LogP contribution in [0.5, 0.6) is 5.75 Å². The fourth-order valence-corrected chi connectivity index (χ4v) is 2.29. The number of aromatic amines is 1. The molecule has 5 nitrogen and oxygen atoms in total. The number of rotatable bonds is 7. The first kappa shape index (κ1) is 16.1. The van der Waals surface area contributed by atoms with Gasteiger partial charge in [-0.25, -0.2) is 4.98 Å². The normalized spacial score (nSPS) is 10.5. The van der Waals surface area contributed by atoms with Crippen molar-refractivity contribution in [2.45, 2.75) is 33.2 Å². The number of nitrogens with zero attached hydrogens (tertiary/aromatic N) is 2. The van der Waals surface area contributed by atoms with Gasteiger partial charge < -0.3 is 14.6 Å². The van der Waals surface area contributed by atoms with Crippen molar-refractivity contribution in [3.63, 3.8) is 0 Å². The third-order valence-corrected chi connectivity index (χ3v) is 3.51. The van der Waals surface area contributed by atoms with E-state index in [1.807, 2.05) is 36.1 Å². The van der Waals surface area contributed by atoms with Gasteiger partial charge in [0.2, 0.25) is 0 Å². The number of carbonyl (C=O) groups excluding carboxylic acids is 1. The highest BCUT2D eigenvalue weighted by molar-refractivity contribution is 5.92. The van der Waals surface area contributed by atoms with Crippen LogP contribution in [0.15, 0.2) is 30.5 Å². The van der Waals surface area contributed by atoms with E-state index in [0.717, 1.165) is 36.5 Å². The average Bonchev–Trinajstić information content (AvgIpc) is 2.97. The van der Waals surface area contributed by atoms with Gasteiger partial charge in [0.15, 0.2) is 0 Å². The van der Waals surface area contributed by atoms with Crippen LogP contribution in [0.1, 0.15) is 41.6 Å². The number of hydrogen-bond acceptors (Lipinski definition) is 3. The summed E-state index contributed by atoms with van der Waals surface area (Å²) in [6, 6.07) is 7.81. The molecule has 1 heterocycles. The molecule has 1 amide bonds. The van der Waals surface area contributed by atoms with Crippen LogP contribution in [-0.2, 0) is 6.54 Å². The van der Waals surface area contributed by atoms with Crippen molar-refractivity contribution in [1.82, 2.24) is 14.9 Å². The summed E-state index contributed by atoms with van der Waals surface area (Å²) in [7, 11) is 1.65. The maximum Gasteiger partial charge on any atom is 0.272 e. The number of amides is 1. The number of methoxy groups -OCH3 is 1. The van der Waals surface area contributed by atoms with Crippen molar-refractivity contribution in [3.05, 3.63) is 47.5 Å². The molecule has 0 aliphatic heterocycles. The van der Waals surface area contributed by atoms with E-state index >= 15 is 0 Å². The molecule has 0 fully saturated rings. The highest BCUT2D eigenvalue weighted by atomic mass is 16.5. The van der Waals surface area contributed by atoms with E-state index in [-0.39, 0.29) is 5.91 Å². The van der Waals surface area contributed by atoms with Crippen molar-refractivity contribution in [1.29, 1.82) is 0 Å². The predicted molar refractivity (Wildman–Crippen MR) is 86.0 cm³/mol. The monoisotopic (exact) mass is 301 g/mol. The third kappa shape index (κ3) is 4.10. The highest BCUT2D eigenvalue weighted by Gasteiger charge is 2.17. The van der Waals surface area contributed by atoms with Gasteiger partial charge >= 0.3 is 0 Å². The highest BCUT2D eigenvalue weighted by Crippen LogP contribution is 2.16. The summed E-state index contributed by atoms with van der Waals surface area (Å²) in [6.45, 7) is 5.25. The van der Waals surface area contributed by atoms with E-state index in [2.05, 4.69) is 16.9 Å². The van der Waals surface area contributed by atoms with Gasteiger partial charge in [0, 0.05) is 13.1 Å². The lowest BCUT2D eigenvalue weighted by Crippen LogP contribution is -2.31. The van der Waals surface area contributed by atoms with Crippen LogP contribution in [0.3, 0.4) is 0 Å². The Labute approximate surface area is 131 Å². The summed E-state index contributed by atoms with van der Waals surface area (Å²) in [5.74, 6) is 1.54. The second kappa shape index (κ2) is 7.64. The second-order valence-electron chi connectivity index (χ2n) is 5.31. The summed E-state index contributed by atoms with van der Waals surface area (Å²) < 4.78 is 5.25. The molecule has 0 saturated carbocycles. The Bertz CT molecular complexity index is 622. The Hall–Kier alpha value is -2.30. The van der Waals surface area contributed by atoms with Crippen LogP contribution in [-0.4, -0.2) is 34.4 Å². The van der Waals surface area contributed by atoms with Crippen molar-refractivity contribution in [3.8, 4) is 5.75 Å². The van der Waals surface area contributed by atoms with Crippen LogP contribution >= 0.6 is 0 Å². The predicted octanol–water partition coefficient (Wildman–Crippen LogP) is 3.17. The zero-order valence-corrected chi connectivity index (χ0v) is 13.4. The molecule has 1 N–H and O–H groups in total. The zero-order chi connectivity index (χ0) is 15.9. The van der Waals surface area contributed by atoms with Gasteiger partial charge in [0.05, 0.1) is 13.3 Å². The van der Waals surface area contributed by atoms with E-state index in [9.17, 15) is 4.79 Å². The molecule has 2 aromatic rings. The molecule has 0 unspecified atom stereocenters. The molecule has 0 spiro atoms. The number of aromatic nitrogens is 2. The number of benzene rings is 1. The summed E-state index contributed by atoms with van der Waals surface area (Å²) in [4.78, 5) is 21.6. The number of nitrogens with one attached hydrogen (secondary N) is 1. The zero-order valence-electron chi connectivity index (χ0n) is 13.4. The first-order valence-electron chi connectivity index (χ1n) is 7.58. The van der Waals surface area contributed by atoms with Crippen molar-refractivity contribution < 1.29 is 9.53 Å². The first-order valence-corrected chi connectivity index (χ1v) is 7.58. The quantitative estimate of drug-likeness (QED) is 0.854. The van der Waals surface area contributed by atoms with Crippen LogP contribution in [0.2, 0.25) is 0 Å². The van der Waals surface area contributed by atoms with E-state index in [1.165, 1.54) is 0 Å². The largest absolute Gasteiger partial charge is 0.497 e. The maximum absolute atomic E-state index is 12.6. The van der Waals surface area contributed by atoms with Gasteiger partial charge in [0.25, 0.3) is 5.91 Å². The molecule has 5 heteroatoms. The lowest BCUT2D eigenvalue weighted by Gasteiger charge is -2.22.